The number of nitrogens with zero attached hydrogens (tertiary/aromatic N) is 5. The van der Waals surface area contributed by atoms with Gasteiger partial charge in [0.25, 0.3) is 0 Å². The van der Waals surface area contributed by atoms with Crippen molar-refractivity contribution in [3.8, 4) is 0 Å². The molecule has 0 aromatic carbocycles. The average molecular weight is 1240 g/mol. The zero-order chi connectivity index (χ0) is 64.1. The number of allylic oxidation sites excluding steroid dienone is 5. The van der Waals surface area contributed by atoms with Crippen molar-refractivity contribution in [3.05, 3.63) is 65.6 Å². The number of piperazine rings is 1. The molecule has 0 spiro atoms. The lowest BCUT2D eigenvalue weighted by Crippen LogP contribution is -2.55. The van der Waals surface area contributed by atoms with E-state index in [4.69, 9.17) is 38.9 Å². The number of aromatic nitrogens is 2. The van der Waals surface area contributed by atoms with Crippen molar-refractivity contribution in [1.29, 1.82) is 0 Å². The predicted octanol–water partition coefficient (Wildman–Crippen LogP) is 6.67. The van der Waals surface area contributed by atoms with Crippen LogP contribution in [0.25, 0.3) is 0 Å². The molecule has 1 saturated carbocycles. The average Bonchev–Trinajstić information content (AvgIpc) is 2.35. The number of anilines is 1. The van der Waals surface area contributed by atoms with E-state index in [0.29, 0.717) is 134 Å². The van der Waals surface area contributed by atoms with Gasteiger partial charge in [-0.05, 0) is 107 Å². The Balaban J connectivity index is 1.14. The van der Waals surface area contributed by atoms with Gasteiger partial charge in [-0.2, -0.15) is 0 Å². The molecule has 6 rings (SSSR count). The largest absolute Gasteiger partial charge is 0.459 e. The highest BCUT2D eigenvalue weighted by Crippen LogP contribution is 2.39. The van der Waals surface area contributed by atoms with Gasteiger partial charge in [0.15, 0.2) is 11.6 Å². The van der Waals surface area contributed by atoms with E-state index in [1.54, 1.807) is 46.5 Å². The van der Waals surface area contributed by atoms with Crippen LogP contribution in [-0.4, -0.2) is 199 Å². The molecule has 0 unspecified atom stereocenters. The van der Waals surface area contributed by atoms with Crippen LogP contribution in [0.4, 0.5) is 10.7 Å². The lowest BCUT2D eigenvalue weighted by atomic mass is 9.80. The maximum atomic E-state index is 14.8. The molecule has 22 nitrogen and oxygen atoms in total. The quantitative estimate of drug-likeness (QED) is 0.0696. The minimum atomic E-state index is -1.79. The summed E-state index contributed by atoms with van der Waals surface area (Å²) in [6.07, 6.45) is 14.4. The van der Waals surface area contributed by atoms with E-state index in [0.717, 1.165) is 12.0 Å². The Bertz CT molecular complexity index is 2510. The zero-order valence-corrected chi connectivity index (χ0v) is 54.1. The number of fused-ring (bicyclic) bond motifs is 3. The minimum Gasteiger partial charge on any atom is -0.459 e. The van der Waals surface area contributed by atoms with Crippen molar-refractivity contribution >= 4 is 35.6 Å². The van der Waals surface area contributed by atoms with Crippen molar-refractivity contribution in [2.45, 2.75) is 218 Å². The monoisotopic (exact) mass is 1240 g/mol. The number of methoxy groups -OCH3 is 3. The maximum Gasteiger partial charge on any atom is 0.407 e. The second kappa shape index (κ2) is 35.4. The number of piperidine rings is 1. The first-order valence-corrected chi connectivity index (χ1v) is 32.3. The molecule has 6 N–H and O–H groups in total. The van der Waals surface area contributed by atoms with E-state index in [9.17, 15) is 39.3 Å². The molecule has 1 aliphatic carbocycles. The second-order valence-corrected chi connectivity index (χ2v) is 25.4. The van der Waals surface area contributed by atoms with E-state index >= 15 is 0 Å². The van der Waals surface area contributed by atoms with Gasteiger partial charge in [-0.3, -0.25) is 14.4 Å². The summed E-state index contributed by atoms with van der Waals surface area (Å²) >= 11 is 0. The third kappa shape index (κ3) is 20.9. The first-order chi connectivity index (χ1) is 42.1. The van der Waals surface area contributed by atoms with Gasteiger partial charge in [0, 0.05) is 122 Å². The number of carbonyl (C=O) groups is 5. The minimum absolute atomic E-state index is 0.0190. The standard InChI is InChI=1S/C66H105N7O15/c1-11-30-85-31-24-58(74)71-26-28-72(29-27-71)64-68-39-49(40-69-64)41-70-65(80)87-53-23-21-48(35-57(53)84-10)34-51(67)56-37-55(83-9)44(4)33-46(6)61(77)62(78)60(76)45(5)32-42(2)17-13-12-14-18-43(3)54(82-8)36-50-22-20-47(7)66(81,88-50)38-59(75)73-25-16-15-19-52(73)63(79)86-56/h12-14,17-18,33,39-40,42,44-45,47-48,50-57,61-62,77-78,81H,11,15-16,19-32,34-38,41,67H2,1-10H3,(H,70,80)/b14-12+,17-13+,43-18+,46-33+/t42-,44-,45-,47-,48+,50+,51-,52+,53-,54+,55-,56+,57-,61-,62+,66+/m1/s1. The molecular formula is C66H105N7O15. The maximum absolute atomic E-state index is 14.8. The molecule has 5 aliphatic rings. The van der Waals surface area contributed by atoms with E-state index in [2.05, 4.69) is 15.3 Å². The van der Waals surface area contributed by atoms with E-state index in [1.807, 2.05) is 74.8 Å². The van der Waals surface area contributed by atoms with E-state index < -0.39 is 96.2 Å². The number of esters is 1. The van der Waals surface area contributed by atoms with Crippen molar-refractivity contribution < 1.29 is 72.5 Å². The number of rotatable bonds is 15. The van der Waals surface area contributed by atoms with Gasteiger partial charge in [-0.25, -0.2) is 19.6 Å². The number of ketones is 1. The fourth-order valence-corrected chi connectivity index (χ4v) is 13.0. The van der Waals surface area contributed by atoms with Gasteiger partial charge in [0.1, 0.15) is 30.5 Å². The van der Waals surface area contributed by atoms with Crippen LogP contribution in [0.2, 0.25) is 0 Å². The van der Waals surface area contributed by atoms with Gasteiger partial charge in [-0.15, -0.1) is 0 Å². The fraction of sp³-hybridized carbons (Fsp3) is 0.742. The summed E-state index contributed by atoms with van der Waals surface area (Å²) in [6.45, 7) is 16.9. The van der Waals surface area contributed by atoms with E-state index in [-0.39, 0.29) is 55.7 Å². The molecule has 1 aromatic heterocycles. The van der Waals surface area contributed by atoms with Crippen molar-refractivity contribution in [2.24, 2.45) is 35.3 Å². The molecule has 88 heavy (non-hydrogen) atoms. The smallest absolute Gasteiger partial charge is 0.407 e. The van der Waals surface area contributed by atoms with Crippen LogP contribution in [0.3, 0.4) is 0 Å². The summed E-state index contributed by atoms with van der Waals surface area (Å²) in [4.78, 5) is 83.3. The van der Waals surface area contributed by atoms with Crippen LogP contribution >= 0.6 is 0 Å². The first-order valence-electron chi connectivity index (χ1n) is 32.3. The zero-order valence-electron chi connectivity index (χ0n) is 54.1. The van der Waals surface area contributed by atoms with E-state index in [1.165, 1.54) is 12.0 Å². The molecular weight excluding hydrogens is 1130 g/mol. The number of carbonyl (C=O) groups excluding carboxylic acids is 5. The van der Waals surface area contributed by atoms with Crippen molar-refractivity contribution in [2.75, 3.05) is 72.2 Å². The molecule has 2 bridgehead atoms. The number of nitrogens with one attached hydrogen (secondary N) is 1. The summed E-state index contributed by atoms with van der Waals surface area (Å²) < 4.78 is 42.3. The van der Waals surface area contributed by atoms with Crippen LogP contribution in [0.5, 0.6) is 0 Å². The number of Topliss-reactive ketones (excluding diaryl/α,β-unsaturated/α-hetero) is 1. The van der Waals surface area contributed by atoms with Gasteiger partial charge >= 0.3 is 12.1 Å². The summed E-state index contributed by atoms with van der Waals surface area (Å²) in [7, 11) is 4.73. The summed E-state index contributed by atoms with van der Waals surface area (Å²) in [5, 5.41) is 37.7. The topological polar surface area (TPSA) is 284 Å². The number of hydrogen-bond acceptors (Lipinski definition) is 19. The Morgan fingerprint density at radius 2 is 1.55 bits per heavy atom. The molecule has 16 atom stereocenters. The Kier molecular flexibility index (Phi) is 29.0. The normalized spacial score (nSPS) is 34.7. The Hall–Kier alpha value is -5.17. The van der Waals surface area contributed by atoms with Gasteiger partial charge in [0.05, 0.1) is 43.9 Å². The Morgan fingerprint density at radius 3 is 2.24 bits per heavy atom. The van der Waals surface area contributed by atoms with Crippen LogP contribution in [0, 0.1) is 29.6 Å². The van der Waals surface area contributed by atoms with Crippen LogP contribution < -0.4 is 16.0 Å². The Labute approximate surface area is 522 Å². The predicted molar refractivity (Wildman–Crippen MR) is 332 cm³/mol. The summed E-state index contributed by atoms with van der Waals surface area (Å²) in [5.74, 6) is -4.12. The molecule has 3 saturated heterocycles. The number of aliphatic hydroxyl groups excluding tert-OH is 2. The Morgan fingerprint density at radius 1 is 0.818 bits per heavy atom. The van der Waals surface area contributed by atoms with Gasteiger partial charge < -0.3 is 74.2 Å². The summed E-state index contributed by atoms with van der Waals surface area (Å²) in [5.41, 5.74) is 9.17. The molecule has 0 radical (unpaired) electrons. The highest BCUT2D eigenvalue weighted by molar-refractivity contribution is 5.86. The highest BCUT2D eigenvalue weighted by Gasteiger charge is 2.47. The number of hydrogen-bond donors (Lipinski definition) is 5. The number of amides is 3. The molecule has 494 valence electrons. The lowest BCUT2D eigenvalue weighted by Gasteiger charge is -2.44. The SMILES string of the molecule is CCCOCCC(=O)N1CCN(c2ncc(CNC(=O)O[C@@H]3CC[C@@H](C[C@@H](N)[C@@H]4C[C@@H](OC)[C@H](C)/C=C(\C)[C@@H](O)[C@@H](O)C(=O)[C@H](C)C[C@H](C)/C=C/C=C/C=C(\C)[C@@H](OC)C[C@@H]5CC[C@@H](C)[C@](O)(CC(=O)N6CCCC[C@H]6C(=O)O4)O5)C[C@H]3OC)cn2)CC1. The first kappa shape index (κ1) is 71.9. The lowest BCUT2D eigenvalue weighted by molar-refractivity contribution is -0.284. The third-order valence-corrected chi connectivity index (χ3v) is 18.6. The molecule has 4 fully saturated rings. The number of cyclic esters (lactones) is 1. The molecule has 5 heterocycles. The number of aliphatic hydroxyl groups is 3. The molecule has 3 amide bonds. The number of alkyl carbamates (subject to hydrolysis) is 1. The van der Waals surface area contributed by atoms with Crippen LogP contribution in [0.15, 0.2) is 60.0 Å². The van der Waals surface area contributed by atoms with Crippen LogP contribution in [0.1, 0.15) is 150 Å². The molecule has 22 heteroatoms. The van der Waals surface area contributed by atoms with Crippen molar-refractivity contribution in [1.82, 2.24) is 25.1 Å². The number of nitrogens with two attached hydrogens (primary N) is 1. The van der Waals surface area contributed by atoms with Crippen LogP contribution in [-0.2, 0) is 58.9 Å². The molecule has 1 aromatic rings. The third-order valence-electron chi connectivity index (χ3n) is 18.6. The van der Waals surface area contributed by atoms with Gasteiger partial charge in [-0.1, -0.05) is 71.1 Å². The van der Waals surface area contributed by atoms with Crippen molar-refractivity contribution in [3.63, 3.8) is 0 Å². The second-order valence-electron chi connectivity index (χ2n) is 25.4. The highest BCUT2D eigenvalue weighted by atomic mass is 16.6. The fourth-order valence-electron chi connectivity index (χ4n) is 13.0. The van der Waals surface area contributed by atoms with Gasteiger partial charge in [0.2, 0.25) is 17.8 Å². The number of ether oxygens (including phenoxy) is 7. The molecule has 4 aliphatic heterocycles. The summed E-state index contributed by atoms with van der Waals surface area (Å²) in [6, 6.07) is -1.71.